The van der Waals surface area contributed by atoms with Crippen LogP contribution < -0.4 is 16.4 Å². The number of nitrogens with one attached hydrogen (secondary N) is 2. The van der Waals surface area contributed by atoms with Crippen molar-refractivity contribution < 1.29 is 9.59 Å². The van der Waals surface area contributed by atoms with Crippen molar-refractivity contribution in [3.05, 3.63) is 40.4 Å². The molecule has 7 heteroatoms. The van der Waals surface area contributed by atoms with E-state index in [1.165, 1.54) is 17.5 Å². The van der Waals surface area contributed by atoms with Crippen LogP contribution in [0.25, 0.3) is 0 Å². The van der Waals surface area contributed by atoms with Crippen LogP contribution in [0.2, 0.25) is 0 Å². The van der Waals surface area contributed by atoms with Gasteiger partial charge in [0.2, 0.25) is 5.91 Å². The Morgan fingerprint density at radius 2 is 2.13 bits per heavy atom. The van der Waals surface area contributed by atoms with Crippen LogP contribution in [0.1, 0.15) is 45.9 Å². The Labute approximate surface area is 139 Å². The summed E-state index contributed by atoms with van der Waals surface area (Å²) in [4.78, 5) is 28.3. The molecule has 6 nitrogen and oxygen atoms in total. The standard InChI is InChI=1S/C16H20N4O2S/c1-4-10(3)19-16-18-8-13(23-16)15(22)20-12-7-11(14(17)21)6-5-9(12)2/h5-8,10H,4H2,1-3H3,(H2,17,21)(H,18,19)(H,20,22)/t10-/m1/s1. The SMILES string of the molecule is CC[C@@H](C)Nc1ncc(C(=O)Nc2cc(C(N)=O)ccc2C)s1. The minimum absolute atomic E-state index is 0.260. The summed E-state index contributed by atoms with van der Waals surface area (Å²) in [5.74, 6) is -0.789. The maximum atomic E-state index is 12.3. The zero-order valence-electron chi connectivity index (χ0n) is 13.3. The fourth-order valence-electron chi connectivity index (χ4n) is 1.85. The number of anilines is 2. The molecule has 2 amide bonds. The molecule has 0 aliphatic rings. The van der Waals surface area contributed by atoms with Crippen LogP contribution in [0, 0.1) is 6.92 Å². The largest absolute Gasteiger partial charge is 0.366 e. The van der Waals surface area contributed by atoms with Gasteiger partial charge in [0.25, 0.3) is 5.91 Å². The van der Waals surface area contributed by atoms with Gasteiger partial charge in [-0.3, -0.25) is 9.59 Å². The molecule has 1 atom stereocenters. The molecule has 0 radical (unpaired) electrons. The maximum absolute atomic E-state index is 12.3. The molecular weight excluding hydrogens is 312 g/mol. The Kier molecular flexibility index (Phi) is 5.33. The van der Waals surface area contributed by atoms with E-state index in [1.54, 1.807) is 18.2 Å². The van der Waals surface area contributed by atoms with Gasteiger partial charge in [0, 0.05) is 17.3 Å². The van der Waals surface area contributed by atoms with Gasteiger partial charge in [0.1, 0.15) is 4.88 Å². The number of primary amides is 1. The summed E-state index contributed by atoms with van der Waals surface area (Å²) in [6.45, 7) is 5.98. The summed E-state index contributed by atoms with van der Waals surface area (Å²) in [7, 11) is 0. The molecule has 1 aromatic carbocycles. The van der Waals surface area contributed by atoms with E-state index < -0.39 is 5.91 Å². The number of benzene rings is 1. The predicted octanol–water partition coefficient (Wildman–Crippen LogP) is 3.01. The van der Waals surface area contributed by atoms with Gasteiger partial charge in [-0.2, -0.15) is 0 Å². The minimum atomic E-state index is -0.529. The first-order chi connectivity index (χ1) is 10.9. The number of carbonyl (C=O) groups excluding carboxylic acids is 2. The van der Waals surface area contributed by atoms with Gasteiger partial charge in [-0.1, -0.05) is 24.3 Å². The van der Waals surface area contributed by atoms with E-state index in [4.69, 9.17) is 5.73 Å². The van der Waals surface area contributed by atoms with Crippen LogP contribution in [0.4, 0.5) is 10.8 Å². The van der Waals surface area contributed by atoms with Gasteiger partial charge >= 0.3 is 0 Å². The van der Waals surface area contributed by atoms with E-state index in [0.29, 0.717) is 27.3 Å². The number of nitrogens with zero attached hydrogens (tertiary/aromatic N) is 1. The third-order valence-electron chi connectivity index (χ3n) is 3.48. The van der Waals surface area contributed by atoms with Crippen LogP contribution in [0.3, 0.4) is 0 Å². The lowest BCUT2D eigenvalue weighted by Crippen LogP contribution is -2.14. The van der Waals surface area contributed by atoms with Crippen molar-refractivity contribution in [1.82, 2.24) is 4.98 Å². The van der Waals surface area contributed by atoms with E-state index >= 15 is 0 Å². The second kappa shape index (κ2) is 7.23. The first kappa shape index (κ1) is 17.0. The minimum Gasteiger partial charge on any atom is -0.366 e. The van der Waals surface area contributed by atoms with Crippen molar-refractivity contribution in [2.75, 3.05) is 10.6 Å². The van der Waals surface area contributed by atoms with Crippen LogP contribution >= 0.6 is 11.3 Å². The Morgan fingerprint density at radius 1 is 1.39 bits per heavy atom. The molecule has 0 saturated heterocycles. The van der Waals surface area contributed by atoms with Crippen LogP contribution in [0.15, 0.2) is 24.4 Å². The van der Waals surface area contributed by atoms with Crippen molar-refractivity contribution >= 4 is 34.0 Å². The number of hydrogen-bond acceptors (Lipinski definition) is 5. The number of nitrogens with two attached hydrogens (primary N) is 1. The summed E-state index contributed by atoms with van der Waals surface area (Å²) >= 11 is 1.29. The highest BCUT2D eigenvalue weighted by atomic mass is 32.1. The number of aromatic nitrogens is 1. The van der Waals surface area contributed by atoms with Gasteiger partial charge in [-0.05, 0) is 38.0 Å². The second-order valence-corrected chi connectivity index (χ2v) is 6.36. The molecule has 0 unspecified atom stereocenters. The van der Waals surface area contributed by atoms with E-state index in [-0.39, 0.29) is 5.91 Å². The topological polar surface area (TPSA) is 97.1 Å². The van der Waals surface area contributed by atoms with Crippen molar-refractivity contribution in [3.63, 3.8) is 0 Å². The predicted molar refractivity (Wildman–Crippen MR) is 93.1 cm³/mol. The molecule has 2 aromatic rings. The molecule has 0 saturated carbocycles. The lowest BCUT2D eigenvalue weighted by atomic mass is 10.1. The number of carbonyl (C=O) groups is 2. The number of thiazole rings is 1. The molecule has 0 fully saturated rings. The molecule has 1 heterocycles. The first-order valence-corrected chi connectivity index (χ1v) is 8.16. The van der Waals surface area contributed by atoms with Gasteiger partial charge in [0.15, 0.2) is 5.13 Å². The Hall–Kier alpha value is -2.41. The van der Waals surface area contributed by atoms with Gasteiger partial charge in [-0.15, -0.1) is 0 Å². The van der Waals surface area contributed by atoms with Crippen LogP contribution in [-0.2, 0) is 0 Å². The third kappa shape index (κ3) is 4.29. The van der Waals surface area contributed by atoms with Crippen LogP contribution in [-0.4, -0.2) is 22.8 Å². The van der Waals surface area contributed by atoms with E-state index in [0.717, 1.165) is 12.0 Å². The van der Waals surface area contributed by atoms with Gasteiger partial charge in [-0.25, -0.2) is 4.98 Å². The summed E-state index contributed by atoms with van der Waals surface area (Å²) < 4.78 is 0. The van der Waals surface area contributed by atoms with Crippen molar-refractivity contribution in [2.24, 2.45) is 5.73 Å². The van der Waals surface area contributed by atoms with Crippen molar-refractivity contribution in [2.45, 2.75) is 33.2 Å². The molecule has 1 aromatic heterocycles. The molecule has 0 bridgehead atoms. The number of aryl methyl sites for hydroxylation is 1. The molecule has 122 valence electrons. The van der Waals surface area contributed by atoms with Crippen molar-refractivity contribution in [1.29, 1.82) is 0 Å². The van der Waals surface area contributed by atoms with E-state index in [1.807, 2.05) is 6.92 Å². The number of amides is 2. The zero-order chi connectivity index (χ0) is 17.0. The molecule has 0 spiro atoms. The molecule has 23 heavy (non-hydrogen) atoms. The summed E-state index contributed by atoms with van der Waals surface area (Å²) in [5.41, 5.74) is 7.04. The first-order valence-electron chi connectivity index (χ1n) is 7.35. The summed E-state index contributed by atoms with van der Waals surface area (Å²) in [5, 5.41) is 6.75. The van der Waals surface area contributed by atoms with Crippen molar-refractivity contribution in [3.8, 4) is 0 Å². The van der Waals surface area contributed by atoms with E-state index in [9.17, 15) is 9.59 Å². The monoisotopic (exact) mass is 332 g/mol. The summed E-state index contributed by atoms with van der Waals surface area (Å²) in [6.07, 6.45) is 2.51. The van der Waals surface area contributed by atoms with Gasteiger partial charge in [0.05, 0.1) is 6.20 Å². The normalized spacial score (nSPS) is 11.8. The Bertz CT molecular complexity index is 727. The third-order valence-corrected chi connectivity index (χ3v) is 4.41. The Morgan fingerprint density at radius 3 is 2.78 bits per heavy atom. The molecule has 4 N–H and O–H groups in total. The molecule has 2 rings (SSSR count). The quantitative estimate of drug-likeness (QED) is 0.757. The lowest BCUT2D eigenvalue weighted by Gasteiger charge is -2.09. The lowest BCUT2D eigenvalue weighted by molar-refractivity contribution is 0.0996. The maximum Gasteiger partial charge on any atom is 0.267 e. The highest BCUT2D eigenvalue weighted by Gasteiger charge is 2.14. The second-order valence-electron chi connectivity index (χ2n) is 5.33. The fraction of sp³-hybridized carbons (Fsp3) is 0.312. The highest BCUT2D eigenvalue weighted by molar-refractivity contribution is 7.17. The summed E-state index contributed by atoms with van der Waals surface area (Å²) in [6, 6.07) is 5.26. The molecule has 0 aliphatic heterocycles. The average molecular weight is 332 g/mol. The molecule has 0 aliphatic carbocycles. The van der Waals surface area contributed by atoms with Crippen LogP contribution in [0.5, 0.6) is 0 Å². The van der Waals surface area contributed by atoms with Gasteiger partial charge < -0.3 is 16.4 Å². The fourth-order valence-corrected chi connectivity index (χ4v) is 2.68. The smallest absolute Gasteiger partial charge is 0.267 e. The molecular formula is C16H20N4O2S. The van der Waals surface area contributed by atoms with E-state index in [2.05, 4.69) is 29.5 Å². The average Bonchev–Trinajstić information content (AvgIpc) is 2.97. The Balaban J connectivity index is 2.13. The highest BCUT2D eigenvalue weighted by Crippen LogP contribution is 2.22. The number of hydrogen-bond donors (Lipinski definition) is 3. The zero-order valence-corrected chi connectivity index (χ0v) is 14.2. The number of rotatable bonds is 6.